The molecule has 1 aromatic rings. The molecule has 0 unspecified atom stereocenters. The Bertz CT molecular complexity index is 538. The second-order valence-corrected chi connectivity index (χ2v) is 5.46. The molecule has 0 atom stereocenters. The number of hydrogen-bond donors (Lipinski definition) is 2. The summed E-state index contributed by atoms with van der Waals surface area (Å²) in [6.07, 6.45) is 4.54. The van der Waals surface area contributed by atoms with Gasteiger partial charge >= 0.3 is 0 Å². The molecule has 6 nitrogen and oxygen atoms in total. The Morgan fingerprint density at radius 1 is 1.50 bits per heavy atom. The largest absolute Gasteiger partial charge is 0.393 e. The van der Waals surface area contributed by atoms with Gasteiger partial charge in [-0.1, -0.05) is 13.3 Å². The van der Waals surface area contributed by atoms with Crippen molar-refractivity contribution in [2.75, 3.05) is 12.3 Å². The maximum atomic E-state index is 12.0. The maximum Gasteiger partial charge on any atom is 0.292 e. The zero-order valence-corrected chi connectivity index (χ0v) is 11.5. The fourth-order valence-corrected chi connectivity index (χ4v) is 2.45. The van der Waals surface area contributed by atoms with Crippen LogP contribution in [0.2, 0.25) is 0 Å². The Kier molecular flexibility index (Phi) is 3.92. The highest BCUT2D eigenvalue weighted by Crippen LogP contribution is 2.48. The highest BCUT2D eigenvalue weighted by Gasteiger charge is 2.41. The van der Waals surface area contributed by atoms with Crippen LogP contribution in [0.4, 0.5) is 11.4 Å². The number of amides is 1. The van der Waals surface area contributed by atoms with Crippen LogP contribution in [0.5, 0.6) is 0 Å². The molecule has 20 heavy (non-hydrogen) atoms. The van der Waals surface area contributed by atoms with Crippen molar-refractivity contribution >= 4 is 17.3 Å². The van der Waals surface area contributed by atoms with Gasteiger partial charge in [0.05, 0.1) is 4.92 Å². The van der Waals surface area contributed by atoms with Gasteiger partial charge in [-0.2, -0.15) is 0 Å². The minimum absolute atomic E-state index is 0.0114. The fraction of sp³-hybridized carbons (Fsp3) is 0.500. The van der Waals surface area contributed by atoms with E-state index < -0.39 is 4.92 Å². The molecule has 1 fully saturated rings. The van der Waals surface area contributed by atoms with Crippen molar-refractivity contribution in [3.63, 3.8) is 0 Å². The van der Waals surface area contributed by atoms with E-state index >= 15 is 0 Å². The van der Waals surface area contributed by atoms with Crippen LogP contribution in [0, 0.1) is 15.5 Å². The smallest absolute Gasteiger partial charge is 0.292 e. The van der Waals surface area contributed by atoms with Crippen molar-refractivity contribution < 1.29 is 9.72 Å². The summed E-state index contributed by atoms with van der Waals surface area (Å²) in [5, 5.41) is 13.6. The lowest BCUT2D eigenvalue weighted by atomic mass is 10.0. The second kappa shape index (κ2) is 5.48. The lowest BCUT2D eigenvalue weighted by Crippen LogP contribution is -2.30. The molecule has 1 aromatic carbocycles. The van der Waals surface area contributed by atoms with Gasteiger partial charge in [0.1, 0.15) is 5.69 Å². The molecular weight excluding hydrogens is 258 g/mol. The van der Waals surface area contributed by atoms with Crippen LogP contribution in [-0.2, 0) is 0 Å². The Labute approximate surface area is 117 Å². The Morgan fingerprint density at radius 3 is 2.70 bits per heavy atom. The minimum Gasteiger partial charge on any atom is -0.393 e. The first-order valence-electron chi connectivity index (χ1n) is 6.79. The van der Waals surface area contributed by atoms with Crippen molar-refractivity contribution in [1.82, 2.24) is 5.32 Å². The molecule has 108 valence electrons. The van der Waals surface area contributed by atoms with Gasteiger partial charge in [0, 0.05) is 18.2 Å². The molecule has 1 aliphatic carbocycles. The van der Waals surface area contributed by atoms with Crippen molar-refractivity contribution in [2.24, 2.45) is 5.41 Å². The Morgan fingerprint density at radius 2 is 2.20 bits per heavy atom. The fourth-order valence-electron chi connectivity index (χ4n) is 2.45. The van der Waals surface area contributed by atoms with Crippen LogP contribution in [0.25, 0.3) is 0 Å². The van der Waals surface area contributed by atoms with Crippen LogP contribution in [-0.4, -0.2) is 17.4 Å². The molecule has 0 saturated heterocycles. The summed E-state index contributed by atoms with van der Waals surface area (Å²) in [7, 11) is 0. The molecule has 0 bridgehead atoms. The van der Waals surface area contributed by atoms with Crippen molar-refractivity contribution in [3.8, 4) is 0 Å². The van der Waals surface area contributed by atoms with E-state index in [1.807, 2.05) is 0 Å². The highest BCUT2D eigenvalue weighted by atomic mass is 16.6. The number of rotatable bonds is 6. The van der Waals surface area contributed by atoms with Gasteiger partial charge in [-0.15, -0.1) is 0 Å². The van der Waals surface area contributed by atoms with Gasteiger partial charge in [0.15, 0.2) is 0 Å². The number of nitrogens with zero attached hydrogens (tertiary/aromatic N) is 1. The summed E-state index contributed by atoms with van der Waals surface area (Å²) in [4.78, 5) is 22.1. The Hall–Kier alpha value is -2.11. The van der Waals surface area contributed by atoms with Gasteiger partial charge < -0.3 is 11.1 Å². The molecule has 1 saturated carbocycles. The van der Waals surface area contributed by atoms with E-state index in [1.54, 1.807) is 0 Å². The zero-order valence-electron chi connectivity index (χ0n) is 11.5. The standard InChI is InChI=1S/C14H19N3O3/c1-2-5-14(6-7-14)9-16-13(18)10-3-4-12(17(19)20)11(15)8-10/h3-4,8H,2,5-7,9,15H2,1H3,(H,16,18). The summed E-state index contributed by atoms with van der Waals surface area (Å²) in [5.41, 5.74) is 6.05. The van der Waals surface area contributed by atoms with Gasteiger partial charge in [-0.25, -0.2) is 0 Å². The average Bonchev–Trinajstić information content (AvgIpc) is 3.16. The number of nitro benzene ring substituents is 1. The normalized spacial score (nSPS) is 15.7. The number of nitrogens with one attached hydrogen (secondary N) is 1. The Balaban J connectivity index is 1.99. The molecule has 0 spiro atoms. The SMILES string of the molecule is CCCC1(CNC(=O)c2ccc([N+](=O)[O-])c(N)c2)CC1. The molecule has 0 aliphatic heterocycles. The first-order valence-corrected chi connectivity index (χ1v) is 6.79. The molecule has 2 rings (SSSR count). The lowest BCUT2D eigenvalue weighted by molar-refractivity contribution is -0.383. The lowest BCUT2D eigenvalue weighted by Gasteiger charge is -2.15. The molecule has 0 heterocycles. The minimum atomic E-state index is -0.558. The third-order valence-corrected chi connectivity index (χ3v) is 3.85. The van der Waals surface area contributed by atoms with Gasteiger partial charge in [0.2, 0.25) is 0 Å². The summed E-state index contributed by atoms with van der Waals surface area (Å²) in [6.45, 7) is 2.80. The van der Waals surface area contributed by atoms with E-state index in [2.05, 4.69) is 12.2 Å². The summed E-state index contributed by atoms with van der Waals surface area (Å²) in [5.74, 6) is -0.228. The molecule has 0 radical (unpaired) electrons. The summed E-state index contributed by atoms with van der Waals surface area (Å²) >= 11 is 0. The average molecular weight is 277 g/mol. The van der Waals surface area contributed by atoms with E-state index in [-0.39, 0.29) is 22.7 Å². The number of anilines is 1. The van der Waals surface area contributed by atoms with Crippen LogP contribution in [0.1, 0.15) is 43.0 Å². The van der Waals surface area contributed by atoms with E-state index in [0.717, 1.165) is 25.7 Å². The van der Waals surface area contributed by atoms with Gasteiger partial charge in [-0.05, 0) is 36.8 Å². The molecular formula is C14H19N3O3. The van der Waals surface area contributed by atoms with Crippen molar-refractivity contribution in [1.29, 1.82) is 0 Å². The van der Waals surface area contributed by atoms with Crippen molar-refractivity contribution in [2.45, 2.75) is 32.6 Å². The molecule has 1 amide bonds. The number of carbonyl (C=O) groups excluding carboxylic acids is 1. The van der Waals surface area contributed by atoms with Crippen molar-refractivity contribution in [3.05, 3.63) is 33.9 Å². The van der Waals surface area contributed by atoms with E-state index in [0.29, 0.717) is 12.1 Å². The predicted octanol–water partition coefficient (Wildman–Crippen LogP) is 2.49. The van der Waals surface area contributed by atoms with E-state index in [9.17, 15) is 14.9 Å². The van der Waals surface area contributed by atoms with Crippen LogP contribution >= 0.6 is 0 Å². The van der Waals surface area contributed by atoms with Crippen LogP contribution in [0.15, 0.2) is 18.2 Å². The first-order chi connectivity index (χ1) is 9.47. The molecule has 3 N–H and O–H groups in total. The highest BCUT2D eigenvalue weighted by molar-refractivity contribution is 5.95. The van der Waals surface area contributed by atoms with Crippen LogP contribution < -0.4 is 11.1 Å². The maximum absolute atomic E-state index is 12.0. The third kappa shape index (κ3) is 3.07. The second-order valence-electron chi connectivity index (χ2n) is 5.46. The quantitative estimate of drug-likeness (QED) is 0.474. The van der Waals surface area contributed by atoms with Crippen LogP contribution in [0.3, 0.4) is 0 Å². The molecule has 0 aromatic heterocycles. The third-order valence-electron chi connectivity index (χ3n) is 3.85. The number of nitrogens with two attached hydrogens (primary N) is 1. The number of benzene rings is 1. The van der Waals surface area contributed by atoms with Gasteiger partial charge in [-0.3, -0.25) is 14.9 Å². The first kappa shape index (κ1) is 14.3. The topological polar surface area (TPSA) is 98.3 Å². The number of hydrogen-bond acceptors (Lipinski definition) is 4. The monoisotopic (exact) mass is 277 g/mol. The van der Waals surface area contributed by atoms with E-state index in [4.69, 9.17) is 5.73 Å². The summed E-state index contributed by atoms with van der Waals surface area (Å²) < 4.78 is 0. The van der Waals surface area contributed by atoms with E-state index in [1.165, 1.54) is 18.2 Å². The zero-order chi connectivity index (χ0) is 14.8. The number of carbonyl (C=O) groups is 1. The van der Waals surface area contributed by atoms with Gasteiger partial charge in [0.25, 0.3) is 11.6 Å². The summed E-state index contributed by atoms with van der Waals surface area (Å²) in [6, 6.07) is 4.05. The molecule has 1 aliphatic rings. The number of nitro groups is 1. The molecule has 6 heteroatoms. The number of nitrogen functional groups attached to an aromatic ring is 1. The predicted molar refractivity (Wildman–Crippen MR) is 76.4 cm³/mol.